The quantitative estimate of drug-likeness (QED) is 0.580. The molecule has 0 saturated heterocycles. The molecule has 1 unspecified atom stereocenters. The lowest BCUT2D eigenvalue weighted by Gasteiger charge is -2.15. The first-order valence-electron chi connectivity index (χ1n) is 9.86. The van der Waals surface area contributed by atoms with E-state index in [0.717, 1.165) is 12.0 Å². The SMILES string of the molecule is CCc1ccc(S(=O)(=O)NCCNC(=O)C(C)Oc2ccc(C(C)C)cc2)cc1. The molecule has 0 spiro atoms. The zero-order chi connectivity index (χ0) is 21.4. The third kappa shape index (κ3) is 6.87. The van der Waals surface area contributed by atoms with Crippen LogP contribution < -0.4 is 14.8 Å². The number of hydrogen-bond acceptors (Lipinski definition) is 4. The lowest BCUT2D eigenvalue weighted by atomic mass is 10.0. The Bertz CT molecular complexity index is 891. The lowest BCUT2D eigenvalue weighted by Crippen LogP contribution is -2.40. The molecule has 0 heterocycles. The molecule has 29 heavy (non-hydrogen) atoms. The van der Waals surface area contributed by atoms with Crippen molar-refractivity contribution < 1.29 is 17.9 Å². The molecule has 1 amide bonds. The van der Waals surface area contributed by atoms with Crippen LogP contribution in [0.1, 0.15) is 44.7 Å². The third-order valence-corrected chi connectivity index (χ3v) is 6.06. The predicted octanol–water partition coefficient (Wildman–Crippen LogP) is 3.23. The van der Waals surface area contributed by atoms with E-state index in [2.05, 4.69) is 23.9 Å². The van der Waals surface area contributed by atoms with Gasteiger partial charge in [0.15, 0.2) is 6.10 Å². The van der Waals surface area contributed by atoms with E-state index in [1.165, 1.54) is 5.56 Å². The van der Waals surface area contributed by atoms with Crippen molar-refractivity contribution in [1.82, 2.24) is 10.0 Å². The number of amides is 1. The number of benzene rings is 2. The van der Waals surface area contributed by atoms with Gasteiger partial charge >= 0.3 is 0 Å². The maximum absolute atomic E-state index is 12.3. The van der Waals surface area contributed by atoms with Crippen LogP contribution in [0.25, 0.3) is 0 Å². The topological polar surface area (TPSA) is 84.5 Å². The fourth-order valence-corrected chi connectivity index (χ4v) is 3.72. The summed E-state index contributed by atoms with van der Waals surface area (Å²) in [7, 11) is -3.60. The molecule has 7 heteroatoms. The summed E-state index contributed by atoms with van der Waals surface area (Å²) in [6, 6.07) is 14.4. The number of carbonyl (C=O) groups excluding carboxylic acids is 1. The summed E-state index contributed by atoms with van der Waals surface area (Å²) in [4.78, 5) is 12.4. The normalized spacial score (nSPS) is 12.6. The van der Waals surface area contributed by atoms with Crippen molar-refractivity contribution in [3.8, 4) is 5.75 Å². The number of carbonyl (C=O) groups is 1. The first-order chi connectivity index (χ1) is 13.7. The fraction of sp³-hybridized carbons (Fsp3) is 0.409. The zero-order valence-electron chi connectivity index (χ0n) is 17.4. The second kappa shape index (κ2) is 10.4. The summed E-state index contributed by atoms with van der Waals surface area (Å²) in [5, 5.41) is 2.68. The Morgan fingerprint density at radius 3 is 2.14 bits per heavy atom. The Labute approximate surface area is 173 Å². The van der Waals surface area contributed by atoms with Gasteiger partial charge < -0.3 is 10.1 Å². The molecule has 0 saturated carbocycles. The summed E-state index contributed by atoms with van der Waals surface area (Å²) < 4.78 is 32.7. The molecule has 2 rings (SSSR count). The minimum absolute atomic E-state index is 0.0966. The molecule has 0 radical (unpaired) electrons. The van der Waals surface area contributed by atoms with Crippen LogP contribution in [0.4, 0.5) is 0 Å². The van der Waals surface area contributed by atoms with Gasteiger partial charge in [-0.25, -0.2) is 13.1 Å². The molecule has 0 aliphatic heterocycles. The standard InChI is InChI=1S/C22H30N2O4S/c1-5-18-6-12-21(13-7-18)29(26,27)24-15-14-23-22(25)17(4)28-20-10-8-19(9-11-20)16(2)3/h6-13,16-17,24H,5,14-15H2,1-4H3,(H,23,25). The highest BCUT2D eigenvalue weighted by molar-refractivity contribution is 7.89. The smallest absolute Gasteiger partial charge is 0.260 e. The first kappa shape index (κ1) is 22.9. The van der Waals surface area contributed by atoms with Crippen LogP contribution in [0.2, 0.25) is 0 Å². The van der Waals surface area contributed by atoms with Gasteiger partial charge in [-0.15, -0.1) is 0 Å². The van der Waals surface area contributed by atoms with Crippen LogP contribution in [-0.2, 0) is 21.2 Å². The first-order valence-corrected chi connectivity index (χ1v) is 11.3. The highest BCUT2D eigenvalue weighted by atomic mass is 32.2. The van der Waals surface area contributed by atoms with Crippen molar-refractivity contribution in [1.29, 1.82) is 0 Å². The van der Waals surface area contributed by atoms with E-state index < -0.39 is 16.1 Å². The summed E-state index contributed by atoms with van der Waals surface area (Å²) in [6.07, 6.45) is 0.167. The molecule has 6 nitrogen and oxygen atoms in total. The van der Waals surface area contributed by atoms with Crippen LogP contribution >= 0.6 is 0 Å². The van der Waals surface area contributed by atoms with Crippen molar-refractivity contribution in [2.75, 3.05) is 13.1 Å². The van der Waals surface area contributed by atoms with Gasteiger partial charge in [0, 0.05) is 13.1 Å². The molecule has 2 N–H and O–H groups in total. The molecule has 0 aliphatic rings. The summed E-state index contributed by atoms with van der Waals surface area (Å²) in [6.45, 7) is 8.16. The van der Waals surface area contributed by atoms with Crippen molar-refractivity contribution in [3.63, 3.8) is 0 Å². The van der Waals surface area contributed by atoms with Crippen LogP contribution in [-0.4, -0.2) is 33.5 Å². The Morgan fingerprint density at radius 2 is 1.59 bits per heavy atom. The van der Waals surface area contributed by atoms with E-state index >= 15 is 0 Å². The summed E-state index contributed by atoms with van der Waals surface area (Å²) in [5.74, 6) is 0.746. The number of aryl methyl sites for hydroxylation is 1. The van der Waals surface area contributed by atoms with Gasteiger partial charge in [0.1, 0.15) is 5.75 Å². The van der Waals surface area contributed by atoms with Crippen LogP contribution in [0.3, 0.4) is 0 Å². The van der Waals surface area contributed by atoms with Crippen LogP contribution in [0.5, 0.6) is 5.75 Å². The molecule has 0 aliphatic carbocycles. The molecule has 1 atom stereocenters. The zero-order valence-corrected chi connectivity index (χ0v) is 18.3. The van der Waals surface area contributed by atoms with Crippen molar-refractivity contribution in [2.45, 2.75) is 51.0 Å². The minimum atomic E-state index is -3.60. The highest BCUT2D eigenvalue weighted by Gasteiger charge is 2.16. The summed E-state index contributed by atoms with van der Waals surface area (Å²) >= 11 is 0. The molecular weight excluding hydrogens is 388 g/mol. The molecule has 2 aromatic rings. The average Bonchev–Trinajstić information content (AvgIpc) is 2.71. The van der Waals surface area contributed by atoms with Gasteiger partial charge in [-0.1, -0.05) is 45.0 Å². The molecule has 158 valence electrons. The monoisotopic (exact) mass is 418 g/mol. The van der Waals surface area contributed by atoms with E-state index in [4.69, 9.17) is 4.74 Å². The number of nitrogens with one attached hydrogen (secondary N) is 2. The minimum Gasteiger partial charge on any atom is -0.481 e. The van der Waals surface area contributed by atoms with Gasteiger partial charge in [0.2, 0.25) is 10.0 Å². The van der Waals surface area contributed by atoms with Crippen molar-refractivity contribution in [2.24, 2.45) is 0 Å². The lowest BCUT2D eigenvalue weighted by molar-refractivity contribution is -0.127. The number of ether oxygens (including phenoxy) is 1. The predicted molar refractivity (Wildman–Crippen MR) is 115 cm³/mol. The van der Waals surface area contributed by atoms with Crippen molar-refractivity contribution in [3.05, 3.63) is 59.7 Å². The Hall–Kier alpha value is -2.38. The maximum Gasteiger partial charge on any atom is 0.260 e. The molecular formula is C22H30N2O4S. The van der Waals surface area contributed by atoms with Crippen LogP contribution in [0.15, 0.2) is 53.4 Å². The van der Waals surface area contributed by atoms with Gasteiger partial charge in [-0.2, -0.15) is 0 Å². The second-order valence-corrected chi connectivity index (χ2v) is 8.94. The average molecular weight is 419 g/mol. The fourth-order valence-electron chi connectivity index (χ4n) is 2.69. The number of sulfonamides is 1. The number of hydrogen-bond donors (Lipinski definition) is 2. The summed E-state index contributed by atoms with van der Waals surface area (Å²) in [5.41, 5.74) is 2.27. The Kier molecular flexibility index (Phi) is 8.22. The Balaban J connectivity index is 1.77. The largest absolute Gasteiger partial charge is 0.481 e. The van der Waals surface area contributed by atoms with Crippen molar-refractivity contribution >= 4 is 15.9 Å². The second-order valence-electron chi connectivity index (χ2n) is 7.17. The van der Waals surface area contributed by atoms with E-state index in [1.54, 1.807) is 31.2 Å². The third-order valence-electron chi connectivity index (χ3n) is 4.59. The van der Waals surface area contributed by atoms with E-state index in [-0.39, 0.29) is 23.9 Å². The molecule has 0 fully saturated rings. The van der Waals surface area contributed by atoms with E-state index in [9.17, 15) is 13.2 Å². The maximum atomic E-state index is 12.3. The number of rotatable bonds is 10. The molecule has 0 bridgehead atoms. The van der Waals surface area contributed by atoms with E-state index in [1.807, 2.05) is 31.2 Å². The van der Waals surface area contributed by atoms with Gasteiger partial charge in [0.25, 0.3) is 5.91 Å². The van der Waals surface area contributed by atoms with Gasteiger partial charge in [0.05, 0.1) is 4.90 Å². The molecule has 2 aromatic carbocycles. The Morgan fingerprint density at radius 1 is 0.966 bits per heavy atom. The van der Waals surface area contributed by atoms with E-state index in [0.29, 0.717) is 11.7 Å². The van der Waals surface area contributed by atoms with Crippen LogP contribution in [0, 0.1) is 0 Å². The van der Waals surface area contributed by atoms with Gasteiger partial charge in [-0.3, -0.25) is 4.79 Å². The molecule has 0 aromatic heterocycles. The highest BCUT2D eigenvalue weighted by Crippen LogP contribution is 2.19. The van der Waals surface area contributed by atoms with Gasteiger partial charge in [-0.05, 0) is 54.7 Å².